The van der Waals surface area contributed by atoms with Crippen molar-refractivity contribution in [3.8, 4) is 11.5 Å². The molecular weight excluding hydrogens is 442 g/mol. The molecule has 0 atom stereocenters. The lowest BCUT2D eigenvalue weighted by Crippen LogP contribution is -2.48. The molecule has 0 aromatic heterocycles. The van der Waals surface area contributed by atoms with Gasteiger partial charge in [0.25, 0.3) is 11.8 Å². The van der Waals surface area contributed by atoms with E-state index in [2.05, 4.69) is 16.3 Å². The molecule has 3 aromatic carbocycles. The Morgan fingerprint density at radius 2 is 1.46 bits per heavy atom. The molecule has 1 heterocycles. The van der Waals surface area contributed by atoms with Crippen LogP contribution in [0.5, 0.6) is 11.5 Å². The molecule has 0 saturated carbocycles. The van der Waals surface area contributed by atoms with Crippen LogP contribution in [-0.2, 0) is 4.79 Å². The molecule has 35 heavy (non-hydrogen) atoms. The van der Waals surface area contributed by atoms with Gasteiger partial charge in [-0.2, -0.15) is 0 Å². The zero-order valence-electron chi connectivity index (χ0n) is 20.4. The average Bonchev–Trinajstić information content (AvgIpc) is 2.87. The second kappa shape index (κ2) is 11.0. The molecule has 1 aliphatic rings. The van der Waals surface area contributed by atoms with E-state index in [0.29, 0.717) is 24.4 Å². The highest BCUT2D eigenvalue weighted by molar-refractivity contribution is 5.94. The Morgan fingerprint density at radius 3 is 2.06 bits per heavy atom. The number of ether oxygens (including phenoxy) is 2. The van der Waals surface area contributed by atoms with E-state index in [0.717, 1.165) is 41.3 Å². The Kier molecular flexibility index (Phi) is 7.55. The van der Waals surface area contributed by atoms with Crippen molar-refractivity contribution >= 4 is 23.2 Å². The topological polar surface area (TPSA) is 71.1 Å². The summed E-state index contributed by atoms with van der Waals surface area (Å²) in [5, 5.41) is 2.88. The Bertz CT molecular complexity index is 1150. The van der Waals surface area contributed by atoms with Gasteiger partial charge in [-0.15, -0.1) is 0 Å². The lowest BCUT2D eigenvalue weighted by atomic mass is 10.1. The molecule has 1 saturated heterocycles. The third-order valence-electron chi connectivity index (χ3n) is 5.99. The third kappa shape index (κ3) is 6.32. The normalized spacial score (nSPS) is 13.3. The van der Waals surface area contributed by atoms with E-state index >= 15 is 0 Å². The van der Waals surface area contributed by atoms with E-state index in [9.17, 15) is 9.59 Å². The second-order valence-corrected chi connectivity index (χ2v) is 8.71. The summed E-state index contributed by atoms with van der Waals surface area (Å²) in [7, 11) is 1.61. The molecule has 1 N–H and O–H groups in total. The van der Waals surface area contributed by atoms with Crippen LogP contribution in [0.2, 0.25) is 0 Å². The van der Waals surface area contributed by atoms with E-state index in [1.165, 1.54) is 0 Å². The smallest absolute Gasteiger partial charge is 0.262 e. The molecule has 0 unspecified atom stereocenters. The lowest BCUT2D eigenvalue weighted by Gasteiger charge is -2.36. The number of amides is 2. The maximum Gasteiger partial charge on any atom is 0.262 e. The quantitative estimate of drug-likeness (QED) is 0.554. The summed E-state index contributed by atoms with van der Waals surface area (Å²) in [5.74, 6) is 1.26. The van der Waals surface area contributed by atoms with Crippen LogP contribution in [0.15, 0.2) is 66.7 Å². The number of piperazine rings is 1. The van der Waals surface area contributed by atoms with Crippen LogP contribution in [0.3, 0.4) is 0 Å². The number of carbonyl (C=O) groups excluding carboxylic acids is 2. The summed E-state index contributed by atoms with van der Waals surface area (Å²) in [5.41, 5.74) is 4.65. The van der Waals surface area contributed by atoms with Gasteiger partial charge in [-0.25, -0.2) is 0 Å². The highest BCUT2D eigenvalue weighted by atomic mass is 16.5. The summed E-state index contributed by atoms with van der Waals surface area (Å²) in [4.78, 5) is 29.2. The Labute approximate surface area is 206 Å². The largest absolute Gasteiger partial charge is 0.497 e. The number of benzene rings is 3. The van der Waals surface area contributed by atoms with Gasteiger partial charge in [0.15, 0.2) is 6.61 Å². The number of aryl methyl sites for hydroxylation is 2. The van der Waals surface area contributed by atoms with Crippen molar-refractivity contribution in [1.82, 2.24) is 4.90 Å². The highest BCUT2D eigenvalue weighted by Crippen LogP contribution is 2.21. The zero-order valence-corrected chi connectivity index (χ0v) is 20.4. The van der Waals surface area contributed by atoms with Gasteiger partial charge in [-0.1, -0.05) is 6.07 Å². The molecule has 1 fully saturated rings. The van der Waals surface area contributed by atoms with E-state index in [4.69, 9.17) is 9.47 Å². The van der Waals surface area contributed by atoms with Gasteiger partial charge in [0.05, 0.1) is 7.11 Å². The fraction of sp³-hybridized carbons (Fsp3) is 0.286. The van der Waals surface area contributed by atoms with Crippen molar-refractivity contribution in [3.05, 3.63) is 83.4 Å². The zero-order chi connectivity index (χ0) is 24.8. The molecule has 0 radical (unpaired) electrons. The Hall–Kier alpha value is -4.00. The van der Waals surface area contributed by atoms with Gasteiger partial charge >= 0.3 is 0 Å². The van der Waals surface area contributed by atoms with E-state index < -0.39 is 0 Å². The molecule has 1 aliphatic heterocycles. The second-order valence-electron chi connectivity index (χ2n) is 8.71. The van der Waals surface area contributed by atoms with Crippen LogP contribution in [0.4, 0.5) is 11.4 Å². The molecule has 7 heteroatoms. The lowest BCUT2D eigenvalue weighted by molar-refractivity contribution is -0.118. The first-order valence-electron chi connectivity index (χ1n) is 11.7. The van der Waals surface area contributed by atoms with Gasteiger partial charge in [-0.3, -0.25) is 9.59 Å². The van der Waals surface area contributed by atoms with Gasteiger partial charge in [0.1, 0.15) is 11.5 Å². The number of hydrogen-bond donors (Lipinski definition) is 1. The predicted molar refractivity (Wildman–Crippen MR) is 138 cm³/mol. The maximum atomic E-state index is 12.8. The summed E-state index contributed by atoms with van der Waals surface area (Å²) in [6.45, 7) is 6.75. The molecule has 7 nitrogen and oxygen atoms in total. The molecule has 0 bridgehead atoms. The van der Waals surface area contributed by atoms with Crippen LogP contribution < -0.4 is 19.7 Å². The standard InChI is InChI=1S/C28H31N3O4/c1-20-16-21(2)18-26(17-20)35-19-27(32)29-23-6-8-24(9-7-23)30-12-14-31(15-13-30)28(33)22-4-10-25(34-3)11-5-22/h4-11,16-18H,12-15,19H2,1-3H3,(H,29,32). The fourth-order valence-electron chi connectivity index (χ4n) is 4.20. The Balaban J connectivity index is 1.25. The third-order valence-corrected chi connectivity index (χ3v) is 5.99. The molecule has 0 spiro atoms. The van der Waals surface area contributed by atoms with Crippen molar-refractivity contribution in [2.75, 3.05) is 50.1 Å². The monoisotopic (exact) mass is 473 g/mol. The first-order chi connectivity index (χ1) is 16.9. The number of carbonyl (C=O) groups is 2. The number of rotatable bonds is 7. The number of hydrogen-bond acceptors (Lipinski definition) is 5. The van der Waals surface area contributed by atoms with Gasteiger partial charge < -0.3 is 24.6 Å². The van der Waals surface area contributed by atoms with Crippen molar-refractivity contribution in [2.45, 2.75) is 13.8 Å². The molecule has 0 aliphatic carbocycles. The predicted octanol–water partition coefficient (Wildman–Crippen LogP) is 4.29. The maximum absolute atomic E-state index is 12.8. The van der Waals surface area contributed by atoms with Crippen LogP contribution in [0, 0.1) is 13.8 Å². The molecule has 182 valence electrons. The van der Waals surface area contributed by atoms with Crippen LogP contribution in [-0.4, -0.2) is 56.6 Å². The molecular formula is C28H31N3O4. The van der Waals surface area contributed by atoms with Crippen molar-refractivity contribution in [3.63, 3.8) is 0 Å². The number of nitrogens with one attached hydrogen (secondary N) is 1. The molecule has 3 aromatic rings. The SMILES string of the molecule is COc1ccc(C(=O)N2CCN(c3ccc(NC(=O)COc4cc(C)cc(C)c4)cc3)CC2)cc1. The van der Waals surface area contributed by atoms with E-state index in [1.54, 1.807) is 31.4 Å². The minimum Gasteiger partial charge on any atom is -0.497 e. The fourth-order valence-corrected chi connectivity index (χ4v) is 4.20. The first-order valence-corrected chi connectivity index (χ1v) is 11.7. The summed E-state index contributed by atoms with van der Waals surface area (Å²) >= 11 is 0. The van der Waals surface area contributed by atoms with Crippen molar-refractivity contribution in [2.24, 2.45) is 0 Å². The van der Waals surface area contributed by atoms with Crippen molar-refractivity contribution < 1.29 is 19.1 Å². The van der Waals surface area contributed by atoms with E-state index in [-0.39, 0.29) is 18.4 Å². The minimum absolute atomic E-state index is 0.0356. The van der Waals surface area contributed by atoms with Gasteiger partial charge in [0, 0.05) is 43.1 Å². The number of anilines is 2. The van der Waals surface area contributed by atoms with Crippen LogP contribution in [0.25, 0.3) is 0 Å². The Morgan fingerprint density at radius 1 is 0.829 bits per heavy atom. The number of methoxy groups -OCH3 is 1. The van der Waals surface area contributed by atoms with E-state index in [1.807, 2.05) is 55.1 Å². The molecule has 2 amide bonds. The highest BCUT2D eigenvalue weighted by Gasteiger charge is 2.22. The van der Waals surface area contributed by atoms with Gasteiger partial charge in [0.2, 0.25) is 0 Å². The van der Waals surface area contributed by atoms with Crippen LogP contribution in [0.1, 0.15) is 21.5 Å². The summed E-state index contributed by atoms with van der Waals surface area (Å²) in [6, 6.07) is 20.9. The average molecular weight is 474 g/mol. The van der Waals surface area contributed by atoms with Gasteiger partial charge in [-0.05, 0) is 85.6 Å². The van der Waals surface area contributed by atoms with Crippen molar-refractivity contribution in [1.29, 1.82) is 0 Å². The number of nitrogens with zero attached hydrogens (tertiary/aromatic N) is 2. The molecule has 4 rings (SSSR count). The minimum atomic E-state index is -0.206. The first kappa shape index (κ1) is 24.1. The van der Waals surface area contributed by atoms with Crippen LogP contribution >= 0.6 is 0 Å². The summed E-state index contributed by atoms with van der Waals surface area (Å²) in [6.07, 6.45) is 0. The summed E-state index contributed by atoms with van der Waals surface area (Å²) < 4.78 is 10.8.